The predicted octanol–water partition coefficient (Wildman–Crippen LogP) is 2.66. The molecule has 2 rings (SSSR count). The monoisotopic (exact) mass is 234 g/mol. The molecule has 0 N–H and O–H groups in total. The molecular weight excluding hydrogens is 216 g/mol. The number of hydrogen-bond acceptors (Lipinski definition) is 3. The SMILES string of the molecule is CC1(C)CCOC1COC(=O)c1ccccc1. The van der Waals surface area contributed by atoms with E-state index < -0.39 is 0 Å². The fraction of sp³-hybridized carbons (Fsp3) is 0.500. The Hall–Kier alpha value is -1.35. The van der Waals surface area contributed by atoms with E-state index in [2.05, 4.69) is 13.8 Å². The van der Waals surface area contributed by atoms with Crippen LogP contribution in [-0.2, 0) is 9.47 Å². The summed E-state index contributed by atoms with van der Waals surface area (Å²) in [5.41, 5.74) is 0.681. The highest BCUT2D eigenvalue weighted by atomic mass is 16.6. The molecule has 1 atom stereocenters. The second-order valence-electron chi connectivity index (χ2n) is 5.06. The number of carbonyl (C=O) groups excluding carboxylic acids is 1. The topological polar surface area (TPSA) is 35.5 Å². The van der Waals surface area contributed by atoms with Crippen LogP contribution >= 0.6 is 0 Å². The lowest BCUT2D eigenvalue weighted by Gasteiger charge is -2.24. The Labute approximate surface area is 102 Å². The summed E-state index contributed by atoms with van der Waals surface area (Å²) in [5, 5.41) is 0. The highest BCUT2D eigenvalue weighted by Crippen LogP contribution is 2.33. The second kappa shape index (κ2) is 4.88. The van der Waals surface area contributed by atoms with Crippen LogP contribution in [-0.4, -0.2) is 25.3 Å². The Kier molecular flexibility index (Phi) is 3.48. The zero-order valence-electron chi connectivity index (χ0n) is 10.3. The van der Waals surface area contributed by atoms with E-state index in [9.17, 15) is 4.79 Å². The molecule has 0 radical (unpaired) electrons. The molecule has 0 aliphatic carbocycles. The van der Waals surface area contributed by atoms with Crippen molar-refractivity contribution in [3.05, 3.63) is 35.9 Å². The third-order valence-electron chi connectivity index (χ3n) is 3.31. The lowest BCUT2D eigenvalue weighted by molar-refractivity contribution is -0.00760. The van der Waals surface area contributed by atoms with E-state index in [1.807, 2.05) is 18.2 Å². The number of hydrogen-bond donors (Lipinski definition) is 0. The minimum absolute atomic E-state index is 0.00941. The van der Waals surface area contributed by atoms with Gasteiger partial charge in [0.1, 0.15) is 6.61 Å². The quantitative estimate of drug-likeness (QED) is 0.754. The van der Waals surface area contributed by atoms with E-state index in [1.165, 1.54) is 0 Å². The number of benzene rings is 1. The molecule has 1 aliphatic rings. The highest BCUT2D eigenvalue weighted by molar-refractivity contribution is 5.89. The molecule has 17 heavy (non-hydrogen) atoms. The van der Waals surface area contributed by atoms with Crippen molar-refractivity contribution >= 4 is 5.97 Å². The third kappa shape index (κ3) is 2.86. The normalized spacial score (nSPS) is 22.4. The van der Waals surface area contributed by atoms with Crippen molar-refractivity contribution in [2.24, 2.45) is 5.41 Å². The first-order valence-corrected chi connectivity index (χ1v) is 5.93. The van der Waals surface area contributed by atoms with Gasteiger partial charge in [0.2, 0.25) is 0 Å². The number of carbonyl (C=O) groups is 1. The van der Waals surface area contributed by atoms with Gasteiger partial charge in [0.05, 0.1) is 11.7 Å². The zero-order valence-corrected chi connectivity index (χ0v) is 10.3. The minimum atomic E-state index is -0.281. The first-order chi connectivity index (χ1) is 8.09. The van der Waals surface area contributed by atoms with Crippen molar-refractivity contribution in [3.63, 3.8) is 0 Å². The summed E-state index contributed by atoms with van der Waals surface area (Å²) in [6, 6.07) is 9.03. The molecule has 0 aromatic heterocycles. The molecule has 1 fully saturated rings. The smallest absolute Gasteiger partial charge is 0.338 e. The molecule has 1 aromatic carbocycles. The van der Waals surface area contributed by atoms with Gasteiger partial charge in [-0.15, -0.1) is 0 Å². The lowest BCUT2D eigenvalue weighted by atomic mass is 9.86. The van der Waals surface area contributed by atoms with Gasteiger partial charge in [0.25, 0.3) is 0 Å². The van der Waals surface area contributed by atoms with Crippen molar-refractivity contribution in [3.8, 4) is 0 Å². The molecule has 92 valence electrons. The Morgan fingerprint density at radius 3 is 2.71 bits per heavy atom. The summed E-state index contributed by atoms with van der Waals surface area (Å²) in [6.07, 6.45) is 1.02. The maximum atomic E-state index is 11.7. The van der Waals surface area contributed by atoms with Crippen molar-refractivity contribution in [2.45, 2.75) is 26.4 Å². The lowest BCUT2D eigenvalue weighted by Crippen LogP contribution is -2.30. The van der Waals surface area contributed by atoms with E-state index in [4.69, 9.17) is 9.47 Å². The number of rotatable bonds is 3. The van der Waals surface area contributed by atoms with Crippen LogP contribution in [0.25, 0.3) is 0 Å². The van der Waals surface area contributed by atoms with Crippen LogP contribution in [0.5, 0.6) is 0 Å². The molecular formula is C14H18O3. The molecule has 1 heterocycles. The summed E-state index contributed by atoms with van der Waals surface area (Å²) in [7, 11) is 0. The average molecular weight is 234 g/mol. The summed E-state index contributed by atoms with van der Waals surface area (Å²) in [4.78, 5) is 11.7. The van der Waals surface area contributed by atoms with Gasteiger partial charge >= 0.3 is 5.97 Å². The van der Waals surface area contributed by atoms with Gasteiger partial charge in [-0.1, -0.05) is 32.0 Å². The molecule has 1 unspecified atom stereocenters. The Bertz CT molecular complexity index is 384. The van der Waals surface area contributed by atoms with Gasteiger partial charge in [-0.05, 0) is 24.0 Å². The maximum Gasteiger partial charge on any atom is 0.338 e. The Morgan fingerprint density at radius 2 is 2.12 bits per heavy atom. The van der Waals surface area contributed by atoms with E-state index in [0.717, 1.165) is 13.0 Å². The molecule has 3 heteroatoms. The fourth-order valence-electron chi connectivity index (χ4n) is 1.93. The van der Waals surface area contributed by atoms with Crippen LogP contribution in [0, 0.1) is 5.41 Å². The Balaban J connectivity index is 1.89. The Morgan fingerprint density at radius 1 is 1.41 bits per heavy atom. The van der Waals surface area contributed by atoms with E-state index in [-0.39, 0.29) is 17.5 Å². The standard InChI is InChI=1S/C14H18O3/c1-14(2)8-9-16-12(14)10-17-13(15)11-6-4-3-5-7-11/h3-7,12H,8-10H2,1-2H3. The van der Waals surface area contributed by atoms with E-state index >= 15 is 0 Å². The van der Waals surface area contributed by atoms with Gasteiger partial charge in [0, 0.05) is 6.61 Å². The number of ether oxygens (including phenoxy) is 2. The van der Waals surface area contributed by atoms with Crippen molar-refractivity contribution < 1.29 is 14.3 Å². The zero-order chi connectivity index (χ0) is 12.3. The molecule has 0 amide bonds. The van der Waals surface area contributed by atoms with E-state index in [0.29, 0.717) is 12.2 Å². The molecule has 3 nitrogen and oxygen atoms in total. The second-order valence-corrected chi connectivity index (χ2v) is 5.06. The maximum absolute atomic E-state index is 11.7. The molecule has 1 saturated heterocycles. The van der Waals surface area contributed by atoms with Crippen molar-refractivity contribution in [2.75, 3.05) is 13.2 Å². The van der Waals surface area contributed by atoms with E-state index in [1.54, 1.807) is 12.1 Å². The fourth-order valence-corrected chi connectivity index (χ4v) is 1.93. The first kappa shape index (κ1) is 12.1. The predicted molar refractivity (Wildman–Crippen MR) is 64.9 cm³/mol. The van der Waals surface area contributed by atoms with Crippen LogP contribution < -0.4 is 0 Å². The van der Waals surface area contributed by atoms with Gasteiger partial charge < -0.3 is 9.47 Å². The minimum Gasteiger partial charge on any atom is -0.459 e. The van der Waals surface area contributed by atoms with Gasteiger partial charge in [-0.3, -0.25) is 0 Å². The summed E-state index contributed by atoms with van der Waals surface area (Å²) in [6.45, 7) is 5.36. The summed E-state index contributed by atoms with van der Waals surface area (Å²) >= 11 is 0. The van der Waals surface area contributed by atoms with Gasteiger partial charge in [0.15, 0.2) is 0 Å². The average Bonchev–Trinajstić information content (AvgIpc) is 2.66. The summed E-state index contributed by atoms with van der Waals surface area (Å²) < 4.78 is 10.9. The van der Waals surface area contributed by atoms with Crippen LogP contribution in [0.4, 0.5) is 0 Å². The van der Waals surface area contributed by atoms with Gasteiger partial charge in [-0.2, -0.15) is 0 Å². The van der Waals surface area contributed by atoms with Crippen LogP contribution in [0.3, 0.4) is 0 Å². The van der Waals surface area contributed by atoms with Crippen LogP contribution in [0.1, 0.15) is 30.6 Å². The van der Waals surface area contributed by atoms with Crippen LogP contribution in [0.15, 0.2) is 30.3 Å². The molecule has 1 aliphatic heterocycles. The largest absolute Gasteiger partial charge is 0.459 e. The molecule has 0 bridgehead atoms. The van der Waals surface area contributed by atoms with Gasteiger partial charge in [-0.25, -0.2) is 4.79 Å². The molecule has 1 aromatic rings. The first-order valence-electron chi connectivity index (χ1n) is 5.93. The summed E-state index contributed by atoms with van der Waals surface area (Å²) in [5.74, 6) is -0.281. The van der Waals surface area contributed by atoms with Crippen molar-refractivity contribution in [1.29, 1.82) is 0 Å². The third-order valence-corrected chi connectivity index (χ3v) is 3.31. The molecule has 0 spiro atoms. The van der Waals surface area contributed by atoms with Crippen molar-refractivity contribution in [1.82, 2.24) is 0 Å². The highest BCUT2D eigenvalue weighted by Gasteiger charge is 2.36. The molecule has 0 saturated carbocycles. The van der Waals surface area contributed by atoms with Crippen LogP contribution in [0.2, 0.25) is 0 Å². The number of esters is 1.